The second-order valence-electron chi connectivity index (χ2n) is 6.89. The third kappa shape index (κ3) is 2.65. The normalized spacial score (nSPS) is 26.4. The molecule has 2 unspecified atom stereocenters. The first-order chi connectivity index (χ1) is 12.0. The Morgan fingerprint density at radius 2 is 2.12 bits per heavy atom. The molecule has 0 bridgehead atoms. The SMILES string of the molecule is COc1cncc(-c2ccc(C3(C4CC4)N=C(N)CC(C)C3=O)s2)c1. The second-order valence-corrected chi connectivity index (χ2v) is 7.97. The van der Waals surface area contributed by atoms with Crippen molar-refractivity contribution in [1.29, 1.82) is 0 Å². The van der Waals surface area contributed by atoms with Crippen LogP contribution >= 0.6 is 11.3 Å². The summed E-state index contributed by atoms with van der Waals surface area (Å²) in [5, 5.41) is 0. The number of carbonyl (C=O) groups is 1. The van der Waals surface area contributed by atoms with Crippen LogP contribution in [-0.4, -0.2) is 23.7 Å². The van der Waals surface area contributed by atoms with Gasteiger partial charge in [0.25, 0.3) is 0 Å². The van der Waals surface area contributed by atoms with Gasteiger partial charge in [0, 0.05) is 33.9 Å². The van der Waals surface area contributed by atoms with Crippen molar-refractivity contribution in [2.75, 3.05) is 7.11 Å². The van der Waals surface area contributed by atoms with E-state index in [1.54, 1.807) is 24.6 Å². The van der Waals surface area contributed by atoms with E-state index in [9.17, 15) is 4.79 Å². The van der Waals surface area contributed by atoms with Gasteiger partial charge in [0.1, 0.15) is 5.75 Å². The summed E-state index contributed by atoms with van der Waals surface area (Å²) in [5.74, 6) is 1.71. The molecule has 6 heteroatoms. The number of aliphatic imine (C=N–C) groups is 1. The van der Waals surface area contributed by atoms with Crippen molar-refractivity contribution in [2.45, 2.75) is 31.7 Å². The molecule has 1 aliphatic carbocycles. The quantitative estimate of drug-likeness (QED) is 0.912. The van der Waals surface area contributed by atoms with Crippen molar-refractivity contribution in [1.82, 2.24) is 4.98 Å². The summed E-state index contributed by atoms with van der Waals surface area (Å²) >= 11 is 1.61. The Balaban J connectivity index is 1.79. The van der Waals surface area contributed by atoms with Crippen molar-refractivity contribution >= 4 is 23.0 Å². The number of nitrogens with zero attached hydrogens (tertiary/aromatic N) is 2. The topological polar surface area (TPSA) is 77.6 Å². The first-order valence-electron chi connectivity index (χ1n) is 8.53. The molecule has 130 valence electrons. The van der Waals surface area contributed by atoms with E-state index < -0.39 is 5.54 Å². The van der Waals surface area contributed by atoms with Gasteiger partial charge in [-0.25, -0.2) is 0 Å². The number of pyridine rings is 1. The highest BCUT2D eigenvalue weighted by molar-refractivity contribution is 7.15. The molecule has 1 fully saturated rings. The van der Waals surface area contributed by atoms with Crippen LogP contribution in [0.1, 0.15) is 31.1 Å². The lowest BCUT2D eigenvalue weighted by Gasteiger charge is -2.34. The number of nitrogens with two attached hydrogens (primary N) is 1. The number of Topliss-reactive ketones (excluding diaryl/α,β-unsaturated/α-hetero) is 1. The molecule has 0 amide bonds. The third-order valence-corrected chi connectivity index (χ3v) is 6.30. The predicted octanol–water partition coefficient (Wildman–Crippen LogP) is 3.39. The first-order valence-corrected chi connectivity index (χ1v) is 9.34. The van der Waals surface area contributed by atoms with Gasteiger partial charge in [0.05, 0.1) is 19.1 Å². The summed E-state index contributed by atoms with van der Waals surface area (Å²) in [6.07, 6.45) is 6.11. The fraction of sp³-hybridized carbons (Fsp3) is 0.421. The Morgan fingerprint density at radius 3 is 2.84 bits per heavy atom. The highest BCUT2D eigenvalue weighted by Gasteiger charge is 2.55. The van der Waals surface area contributed by atoms with Crippen LogP contribution in [0.25, 0.3) is 10.4 Å². The Labute approximate surface area is 150 Å². The lowest BCUT2D eigenvalue weighted by molar-refractivity contribution is -0.129. The molecule has 2 N–H and O–H groups in total. The zero-order valence-electron chi connectivity index (χ0n) is 14.4. The third-order valence-electron chi connectivity index (χ3n) is 5.04. The molecular weight excluding hydrogens is 334 g/mol. The van der Waals surface area contributed by atoms with Gasteiger partial charge in [-0.2, -0.15) is 0 Å². The van der Waals surface area contributed by atoms with Gasteiger partial charge in [-0.1, -0.05) is 6.92 Å². The summed E-state index contributed by atoms with van der Waals surface area (Å²) in [7, 11) is 1.63. The molecule has 3 heterocycles. The van der Waals surface area contributed by atoms with E-state index in [-0.39, 0.29) is 17.6 Å². The Kier molecular flexibility index (Phi) is 3.87. The maximum atomic E-state index is 13.1. The van der Waals surface area contributed by atoms with Crippen LogP contribution in [-0.2, 0) is 10.3 Å². The number of aromatic nitrogens is 1. The summed E-state index contributed by atoms with van der Waals surface area (Å²) < 4.78 is 5.26. The molecule has 5 nitrogen and oxygen atoms in total. The van der Waals surface area contributed by atoms with E-state index >= 15 is 0 Å². The molecule has 0 aromatic carbocycles. The number of rotatable bonds is 4. The van der Waals surface area contributed by atoms with Crippen molar-refractivity contribution in [3.63, 3.8) is 0 Å². The minimum atomic E-state index is -0.781. The van der Waals surface area contributed by atoms with Gasteiger partial charge in [0.15, 0.2) is 11.3 Å². The molecule has 0 spiro atoms. The zero-order chi connectivity index (χ0) is 17.6. The van der Waals surface area contributed by atoms with Crippen molar-refractivity contribution in [3.8, 4) is 16.2 Å². The Morgan fingerprint density at radius 1 is 1.32 bits per heavy atom. The maximum Gasteiger partial charge on any atom is 0.169 e. The lowest BCUT2D eigenvalue weighted by atomic mass is 9.78. The lowest BCUT2D eigenvalue weighted by Crippen LogP contribution is -2.45. The number of hydrogen-bond donors (Lipinski definition) is 1. The van der Waals surface area contributed by atoms with Crippen LogP contribution in [0.15, 0.2) is 35.6 Å². The number of hydrogen-bond acceptors (Lipinski definition) is 6. The molecule has 0 radical (unpaired) electrons. The van der Waals surface area contributed by atoms with E-state index in [0.29, 0.717) is 18.0 Å². The Bertz CT molecular complexity index is 856. The largest absolute Gasteiger partial charge is 0.495 e. The minimum absolute atomic E-state index is 0.0814. The van der Waals surface area contributed by atoms with Crippen molar-refractivity contribution < 1.29 is 9.53 Å². The van der Waals surface area contributed by atoms with Crippen molar-refractivity contribution in [3.05, 3.63) is 35.5 Å². The van der Waals surface area contributed by atoms with Gasteiger partial charge < -0.3 is 10.5 Å². The molecule has 4 rings (SSSR count). The minimum Gasteiger partial charge on any atom is -0.495 e. The van der Waals surface area contributed by atoms with Gasteiger partial charge in [-0.05, 0) is 37.0 Å². The first kappa shape index (κ1) is 16.3. The average Bonchev–Trinajstić information content (AvgIpc) is 3.35. The van der Waals surface area contributed by atoms with Crippen LogP contribution < -0.4 is 10.5 Å². The fourth-order valence-corrected chi connectivity index (χ4v) is 4.85. The second kappa shape index (κ2) is 5.95. The molecule has 2 atom stereocenters. The van der Waals surface area contributed by atoms with Gasteiger partial charge in [-0.15, -0.1) is 11.3 Å². The molecular formula is C19H21N3O2S. The standard InChI is InChI=1S/C19H21N3O2S/c1-11-7-17(20)22-19(18(11)23,13-3-4-13)16-6-5-15(25-16)12-8-14(24-2)10-21-9-12/h5-6,8-11,13H,3-4,7H2,1-2H3,(H2,20,22). The molecule has 25 heavy (non-hydrogen) atoms. The molecule has 2 aromatic rings. The average molecular weight is 355 g/mol. The van der Waals surface area contributed by atoms with Crippen LogP contribution in [0.5, 0.6) is 5.75 Å². The summed E-state index contributed by atoms with van der Waals surface area (Å²) in [6, 6.07) is 6.03. The van der Waals surface area contributed by atoms with E-state index in [4.69, 9.17) is 15.5 Å². The fourth-order valence-electron chi connectivity index (χ4n) is 3.64. The molecule has 1 saturated carbocycles. The molecule has 2 aliphatic rings. The predicted molar refractivity (Wildman–Crippen MR) is 98.9 cm³/mol. The summed E-state index contributed by atoms with van der Waals surface area (Å²) in [6.45, 7) is 1.96. The zero-order valence-corrected chi connectivity index (χ0v) is 15.2. The van der Waals surface area contributed by atoms with E-state index in [1.165, 1.54) is 0 Å². The summed E-state index contributed by atoms with van der Waals surface area (Å²) in [4.78, 5) is 24.1. The van der Waals surface area contributed by atoms with Gasteiger partial charge >= 0.3 is 0 Å². The molecule has 2 aromatic heterocycles. The number of ketones is 1. The van der Waals surface area contributed by atoms with E-state index in [2.05, 4.69) is 4.98 Å². The Hall–Kier alpha value is -2.21. The molecule has 0 saturated heterocycles. The highest BCUT2D eigenvalue weighted by atomic mass is 32.1. The summed E-state index contributed by atoms with van der Waals surface area (Å²) in [5.41, 5.74) is 6.30. The van der Waals surface area contributed by atoms with Crippen molar-refractivity contribution in [2.24, 2.45) is 22.6 Å². The van der Waals surface area contributed by atoms with Crippen LogP contribution in [0.4, 0.5) is 0 Å². The van der Waals surface area contributed by atoms with Gasteiger partial charge in [-0.3, -0.25) is 14.8 Å². The van der Waals surface area contributed by atoms with Crippen LogP contribution in [0.3, 0.4) is 0 Å². The monoisotopic (exact) mass is 355 g/mol. The number of carbonyl (C=O) groups excluding carboxylic acids is 1. The smallest absolute Gasteiger partial charge is 0.169 e. The van der Waals surface area contributed by atoms with Crippen LogP contribution in [0, 0.1) is 11.8 Å². The molecule has 1 aliphatic heterocycles. The van der Waals surface area contributed by atoms with E-state index in [0.717, 1.165) is 28.2 Å². The van der Waals surface area contributed by atoms with Crippen LogP contribution in [0.2, 0.25) is 0 Å². The maximum absolute atomic E-state index is 13.1. The number of methoxy groups -OCH3 is 1. The van der Waals surface area contributed by atoms with Gasteiger partial charge in [0.2, 0.25) is 0 Å². The number of ether oxygens (including phenoxy) is 1. The van der Waals surface area contributed by atoms with E-state index in [1.807, 2.05) is 31.3 Å². The number of thiophene rings is 1. The number of amidine groups is 1. The highest BCUT2D eigenvalue weighted by Crippen LogP contribution is 2.54.